The van der Waals surface area contributed by atoms with Gasteiger partial charge in [-0.3, -0.25) is 9.80 Å². The molecule has 7 nitrogen and oxygen atoms in total. The minimum atomic E-state index is -0.375. The first kappa shape index (κ1) is 24.6. The monoisotopic (exact) mass is 507 g/mol. The number of piperidine rings is 1. The lowest BCUT2D eigenvalue weighted by molar-refractivity contribution is 0.167. The fourth-order valence-corrected chi connectivity index (χ4v) is 6.13. The molecule has 2 atom stereocenters. The molecule has 1 aromatic carbocycles. The van der Waals surface area contributed by atoms with Gasteiger partial charge < -0.3 is 10.1 Å². The highest BCUT2D eigenvalue weighted by molar-refractivity contribution is 5.90. The zero-order chi connectivity index (χ0) is 25.6. The number of rotatable bonds is 9. The van der Waals surface area contributed by atoms with E-state index < -0.39 is 0 Å². The fraction of sp³-hybridized carbons (Fsp3) is 0.621. The van der Waals surface area contributed by atoms with Crippen molar-refractivity contribution in [3.8, 4) is 0 Å². The molecule has 2 aromatic rings. The van der Waals surface area contributed by atoms with Crippen molar-refractivity contribution in [2.75, 3.05) is 29.9 Å². The maximum atomic E-state index is 15.1. The van der Waals surface area contributed by atoms with Gasteiger partial charge in [0.2, 0.25) is 5.95 Å². The highest BCUT2D eigenvalue weighted by Crippen LogP contribution is 2.47. The van der Waals surface area contributed by atoms with E-state index in [4.69, 9.17) is 4.74 Å². The lowest BCUT2D eigenvalue weighted by Gasteiger charge is -2.32. The quantitative estimate of drug-likeness (QED) is 0.454. The van der Waals surface area contributed by atoms with E-state index in [2.05, 4.69) is 27.1 Å². The molecule has 37 heavy (non-hydrogen) atoms. The Labute approximate surface area is 218 Å². The number of cyclic esters (lactones) is 1. The number of anilines is 2. The lowest BCUT2D eigenvalue weighted by atomic mass is 9.91. The van der Waals surface area contributed by atoms with Crippen molar-refractivity contribution in [2.45, 2.75) is 76.9 Å². The summed E-state index contributed by atoms with van der Waals surface area (Å²) in [7, 11) is 0. The number of aromatic nitrogens is 2. The van der Waals surface area contributed by atoms with Crippen molar-refractivity contribution >= 4 is 17.9 Å². The summed E-state index contributed by atoms with van der Waals surface area (Å²) in [6.45, 7) is 7.20. The Morgan fingerprint density at radius 1 is 1.14 bits per heavy atom. The summed E-state index contributed by atoms with van der Waals surface area (Å²) in [4.78, 5) is 25.6. The molecule has 0 radical (unpaired) electrons. The minimum Gasteiger partial charge on any atom is -0.447 e. The van der Waals surface area contributed by atoms with Crippen molar-refractivity contribution in [3.05, 3.63) is 47.4 Å². The molecule has 2 saturated heterocycles. The second-order valence-electron chi connectivity index (χ2n) is 11.9. The summed E-state index contributed by atoms with van der Waals surface area (Å²) in [5, 5.41) is 3.28. The van der Waals surface area contributed by atoms with Crippen molar-refractivity contribution < 1.29 is 13.9 Å². The number of hydrogen-bond acceptors (Lipinski definition) is 6. The van der Waals surface area contributed by atoms with Gasteiger partial charge in [-0.05, 0) is 94.5 Å². The van der Waals surface area contributed by atoms with Gasteiger partial charge in [-0.15, -0.1) is 0 Å². The molecule has 4 aliphatic rings. The highest BCUT2D eigenvalue weighted by atomic mass is 19.1. The smallest absolute Gasteiger partial charge is 0.416 e. The largest absolute Gasteiger partial charge is 0.447 e. The van der Waals surface area contributed by atoms with E-state index in [1.54, 1.807) is 23.2 Å². The fourth-order valence-electron chi connectivity index (χ4n) is 6.13. The third kappa shape index (κ3) is 5.31. The molecular formula is C29H38FN5O2. The summed E-state index contributed by atoms with van der Waals surface area (Å²) < 4.78 is 20.5. The Bertz CT molecular complexity index is 1140. The molecule has 1 amide bonds. The van der Waals surface area contributed by atoms with Crippen LogP contribution in [0.2, 0.25) is 0 Å². The van der Waals surface area contributed by atoms with Crippen LogP contribution in [0.3, 0.4) is 0 Å². The van der Waals surface area contributed by atoms with E-state index in [0.717, 1.165) is 48.9 Å². The first-order chi connectivity index (χ1) is 17.9. The predicted octanol–water partition coefficient (Wildman–Crippen LogP) is 5.93. The van der Waals surface area contributed by atoms with Gasteiger partial charge in [-0.25, -0.2) is 14.2 Å². The summed E-state index contributed by atoms with van der Waals surface area (Å²) in [6, 6.07) is 7.07. The first-order valence-electron chi connectivity index (χ1n) is 14.0. The van der Waals surface area contributed by atoms with Gasteiger partial charge in [-0.1, -0.05) is 25.0 Å². The topological polar surface area (TPSA) is 70.6 Å². The molecule has 1 aromatic heterocycles. The molecule has 3 heterocycles. The third-order valence-corrected chi connectivity index (χ3v) is 8.90. The minimum absolute atomic E-state index is 0.166. The number of halogens is 1. The molecule has 2 saturated carbocycles. The van der Waals surface area contributed by atoms with Crippen LogP contribution in [0.1, 0.15) is 76.0 Å². The Balaban J connectivity index is 1.08. The Morgan fingerprint density at radius 3 is 2.59 bits per heavy atom. The molecule has 198 valence electrons. The molecule has 2 aliphatic heterocycles. The Morgan fingerprint density at radius 2 is 1.89 bits per heavy atom. The van der Waals surface area contributed by atoms with Gasteiger partial charge in [0.1, 0.15) is 18.2 Å². The standard InChI is InChI=1S/C29H38FN5O2/c1-19(32-27-31-12-9-26(33-27)35-28(36)37-18-29(35,2)24-7-8-24)22-5-6-23(25(30)16-22)17-34-13-10-21(11-14-34)15-20-3-4-20/h5-6,9,12,16,19-21,24H,3-4,7-8,10-11,13-15,17-18H2,1-2H3,(H,31,32,33)/t19-,29+/m0/s1. The van der Waals surface area contributed by atoms with Gasteiger partial charge in [0.25, 0.3) is 0 Å². The summed E-state index contributed by atoms with van der Waals surface area (Å²) in [6.07, 6.45) is 10.2. The number of nitrogens with zero attached hydrogens (tertiary/aromatic N) is 4. The van der Waals surface area contributed by atoms with Crippen molar-refractivity contribution in [1.82, 2.24) is 14.9 Å². The molecule has 0 spiro atoms. The summed E-state index contributed by atoms with van der Waals surface area (Å²) in [5.41, 5.74) is 1.21. The number of nitrogens with one attached hydrogen (secondary N) is 1. The Hall–Kier alpha value is -2.74. The van der Waals surface area contributed by atoms with E-state index in [0.29, 0.717) is 30.8 Å². The summed E-state index contributed by atoms with van der Waals surface area (Å²) >= 11 is 0. The average Bonchev–Trinajstić information content (AvgIpc) is 3.81. The van der Waals surface area contributed by atoms with Crippen LogP contribution >= 0.6 is 0 Å². The number of carbonyl (C=O) groups excluding carboxylic acids is 1. The number of likely N-dealkylation sites (tertiary alicyclic amines) is 1. The van der Waals surface area contributed by atoms with Crippen LogP contribution in [0.15, 0.2) is 30.5 Å². The number of ether oxygens (including phenoxy) is 1. The van der Waals surface area contributed by atoms with Crippen LogP contribution in [-0.4, -0.2) is 46.2 Å². The van der Waals surface area contributed by atoms with Gasteiger partial charge in [0, 0.05) is 18.3 Å². The van der Waals surface area contributed by atoms with E-state index >= 15 is 4.39 Å². The van der Waals surface area contributed by atoms with Crippen LogP contribution in [-0.2, 0) is 11.3 Å². The molecule has 6 rings (SSSR count). The number of hydrogen-bond donors (Lipinski definition) is 1. The normalized spacial score (nSPS) is 25.8. The van der Waals surface area contributed by atoms with Crippen LogP contribution in [0.4, 0.5) is 21.0 Å². The molecule has 8 heteroatoms. The number of carbonyl (C=O) groups is 1. The molecule has 2 aliphatic carbocycles. The Kier molecular flexibility index (Phi) is 6.55. The second kappa shape index (κ2) is 9.86. The lowest BCUT2D eigenvalue weighted by Crippen LogP contribution is -2.47. The van der Waals surface area contributed by atoms with Crippen LogP contribution < -0.4 is 10.2 Å². The highest BCUT2D eigenvalue weighted by Gasteiger charge is 2.54. The van der Waals surface area contributed by atoms with Gasteiger partial charge in [0.15, 0.2) is 0 Å². The van der Waals surface area contributed by atoms with Crippen molar-refractivity contribution in [2.24, 2.45) is 17.8 Å². The SMILES string of the molecule is C[C@H](Nc1nccc(N2C(=O)OC[C@]2(C)C2CC2)n1)c1ccc(CN2CCC(CC3CC3)CC2)c(F)c1. The summed E-state index contributed by atoms with van der Waals surface area (Å²) in [5.74, 6) is 3.05. The van der Waals surface area contributed by atoms with Gasteiger partial charge in [0.05, 0.1) is 11.6 Å². The van der Waals surface area contributed by atoms with E-state index in [1.165, 1.54) is 32.1 Å². The van der Waals surface area contributed by atoms with Crippen LogP contribution in [0, 0.1) is 23.6 Å². The van der Waals surface area contributed by atoms with Crippen molar-refractivity contribution in [1.29, 1.82) is 0 Å². The van der Waals surface area contributed by atoms with Crippen molar-refractivity contribution in [3.63, 3.8) is 0 Å². The molecular weight excluding hydrogens is 469 g/mol. The van der Waals surface area contributed by atoms with Crippen LogP contribution in [0.5, 0.6) is 0 Å². The zero-order valence-electron chi connectivity index (χ0n) is 22.0. The van der Waals surface area contributed by atoms with Gasteiger partial charge in [-0.2, -0.15) is 4.98 Å². The molecule has 0 bridgehead atoms. The molecule has 4 fully saturated rings. The van der Waals surface area contributed by atoms with Crippen LogP contribution in [0.25, 0.3) is 0 Å². The predicted molar refractivity (Wildman–Crippen MR) is 141 cm³/mol. The van der Waals surface area contributed by atoms with E-state index in [1.807, 2.05) is 19.1 Å². The van der Waals surface area contributed by atoms with Gasteiger partial charge >= 0.3 is 6.09 Å². The number of benzene rings is 1. The van der Waals surface area contributed by atoms with E-state index in [9.17, 15) is 4.79 Å². The zero-order valence-corrected chi connectivity index (χ0v) is 22.0. The first-order valence-corrected chi connectivity index (χ1v) is 14.0. The molecule has 0 unspecified atom stereocenters. The number of amides is 1. The van der Waals surface area contributed by atoms with E-state index in [-0.39, 0.29) is 23.5 Å². The second-order valence-corrected chi connectivity index (χ2v) is 11.9. The third-order valence-electron chi connectivity index (χ3n) is 8.90. The maximum absolute atomic E-state index is 15.1. The maximum Gasteiger partial charge on any atom is 0.416 e. The average molecular weight is 508 g/mol. The molecule has 1 N–H and O–H groups in total.